The largest absolute Gasteiger partial charge is 0.505 e. The molecule has 0 aliphatic carbocycles. The second kappa shape index (κ2) is 3.27. The number of aromatic nitrogens is 2. The van der Waals surface area contributed by atoms with Crippen LogP contribution in [-0.2, 0) is 0 Å². The Bertz CT molecular complexity index is 488. The molecular weight excluding hydrogens is 197 g/mol. The van der Waals surface area contributed by atoms with Gasteiger partial charge in [-0.2, -0.15) is 5.10 Å². The van der Waals surface area contributed by atoms with Gasteiger partial charge in [-0.25, -0.2) is 4.39 Å². The summed E-state index contributed by atoms with van der Waals surface area (Å²) in [6, 6.07) is 4.10. The van der Waals surface area contributed by atoms with E-state index in [0.29, 0.717) is 16.9 Å². The van der Waals surface area contributed by atoms with Crippen LogP contribution in [-0.4, -0.2) is 15.3 Å². The van der Waals surface area contributed by atoms with E-state index in [4.69, 9.17) is 10.8 Å². The maximum absolute atomic E-state index is 13.1. The zero-order valence-corrected chi connectivity index (χ0v) is 8.08. The lowest BCUT2D eigenvalue weighted by atomic mass is 10.1. The standard InChI is InChI=1S/C10H10FN3O/c1-5-9(10(12)14-13-5)6-2-3-8(15)7(11)4-6/h2-4,15H,1H3,(H3,12,13,14). The third kappa shape index (κ3) is 1.52. The van der Waals surface area contributed by atoms with E-state index in [0.717, 1.165) is 5.69 Å². The molecule has 0 saturated carbocycles. The highest BCUT2D eigenvalue weighted by atomic mass is 19.1. The van der Waals surface area contributed by atoms with E-state index in [1.54, 1.807) is 13.0 Å². The van der Waals surface area contributed by atoms with Crippen molar-refractivity contribution in [3.05, 3.63) is 29.7 Å². The van der Waals surface area contributed by atoms with Gasteiger partial charge < -0.3 is 10.8 Å². The lowest BCUT2D eigenvalue weighted by molar-refractivity contribution is 0.432. The van der Waals surface area contributed by atoms with Crippen LogP contribution in [0.3, 0.4) is 0 Å². The van der Waals surface area contributed by atoms with Crippen LogP contribution >= 0.6 is 0 Å². The first kappa shape index (κ1) is 9.51. The molecule has 4 nitrogen and oxygen atoms in total. The molecule has 0 radical (unpaired) electrons. The highest BCUT2D eigenvalue weighted by molar-refractivity contribution is 5.76. The van der Waals surface area contributed by atoms with Crippen LogP contribution in [0.25, 0.3) is 11.1 Å². The molecule has 0 saturated heterocycles. The van der Waals surface area contributed by atoms with Crippen molar-refractivity contribution in [3.8, 4) is 16.9 Å². The summed E-state index contributed by atoms with van der Waals surface area (Å²) in [6.07, 6.45) is 0. The van der Waals surface area contributed by atoms with E-state index in [-0.39, 0.29) is 5.75 Å². The Kier molecular flexibility index (Phi) is 2.07. The van der Waals surface area contributed by atoms with E-state index in [2.05, 4.69) is 10.2 Å². The number of phenolic OH excluding ortho intramolecular Hbond substituents is 1. The van der Waals surface area contributed by atoms with Crippen molar-refractivity contribution in [2.45, 2.75) is 6.92 Å². The molecule has 5 heteroatoms. The van der Waals surface area contributed by atoms with Crippen molar-refractivity contribution in [3.63, 3.8) is 0 Å². The molecule has 2 rings (SSSR count). The predicted octanol–water partition coefficient (Wildman–Crippen LogP) is 1.81. The summed E-state index contributed by atoms with van der Waals surface area (Å²) in [6.45, 7) is 1.80. The van der Waals surface area contributed by atoms with Crippen LogP contribution in [0, 0.1) is 12.7 Å². The summed E-state index contributed by atoms with van der Waals surface area (Å²) >= 11 is 0. The molecule has 1 aromatic carbocycles. The van der Waals surface area contributed by atoms with Crippen molar-refractivity contribution < 1.29 is 9.50 Å². The first-order valence-corrected chi connectivity index (χ1v) is 4.39. The number of rotatable bonds is 1. The van der Waals surface area contributed by atoms with Crippen LogP contribution in [0.2, 0.25) is 0 Å². The molecule has 0 atom stereocenters. The van der Waals surface area contributed by atoms with Crippen LogP contribution in [0.4, 0.5) is 10.2 Å². The van der Waals surface area contributed by atoms with Gasteiger partial charge in [-0.1, -0.05) is 6.07 Å². The molecule has 0 spiro atoms. The summed E-state index contributed by atoms with van der Waals surface area (Å²) in [4.78, 5) is 0. The average molecular weight is 207 g/mol. The number of nitrogens with two attached hydrogens (primary N) is 1. The summed E-state index contributed by atoms with van der Waals surface area (Å²) in [5, 5.41) is 15.6. The number of aromatic hydroxyl groups is 1. The zero-order chi connectivity index (χ0) is 11.0. The van der Waals surface area contributed by atoms with Crippen molar-refractivity contribution in [1.29, 1.82) is 0 Å². The Labute approximate surface area is 85.6 Å². The lowest BCUT2D eigenvalue weighted by Gasteiger charge is -2.02. The van der Waals surface area contributed by atoms with E-state index < -0.39 is 5.82 Å². The number of aromatic amines is 1. The monoisotopic (exact) mass is 207 g/mol. The highest BCUT2D eigenvalue weighted by Crippen LogP contribution is 2.30. The summed E-state index contributed by atoms with van der Waals surface area (Å²) in [5.74, 6) is -0.733. The fourth-order valence-electron chi connectivity index (χ4n) is 1.47. The average Bonchev–Trinajstić information content (AvgIpc) is 2.52. The first-order valence-electron chi connectivity index (χ1n) is 4.39. The molecule has 78 valence electrons. The van der Waals surface area contributed by atoms with E-state index >= 15 is 0 Å². The number of nitrogen functional groups attached to an aromatic ring is 1. The molecule has 0 aliphatic heterocycles. The number of nitrogens with one attached hydrogen (secondary N) is 1. The van der Waals surface area contributed by atoms with Crippen LogP contribution in [0.15, 0.2) is 18.2 Å². The van der Waals surface area contributed by atoms with Gasteiger partial charge in [-0.3, -0.25) is 5.10 Å². The molecule has 0 unspecified atom stereocenters. The minimum atomic E-state index is -0.674. The van der Waals surface area contributed by atoms with Gasteiger partial charge in [-0.15, -0.1) is 0 Å². The molecule has 15 heavy (non-hydrogen) atoms. The van der Waals surface area contributed by atoms with Crippen molar-refractivity contribution >= 4 is 5.82 Å². The van der Waals surface area contributed by atoms with Crippen LogP contribution in [0.5, 0.6) is 5.75 Å². The third-order valence-electron chi connectivity index (χ3n) is 2.21. The molecule has 4 N–H and O–H groups in total. The molecule has 0 bridgehead atoms. The minimum Gasteiger partial charge on any atom is -0.505 e. The molecule has 1 aromatic heterocycles. The zero-order valence-electron chi connectivity index (χ0n) is 8.08. The first-order chi connectivity index (χ1) is 7.09. The fraction of sp³-hybridized carbons (Fsp3) is 0.100. The van der Waals surface area contributed by atoms with Gasteiger partial charge in [0.1, 0.15) is 0 Å². The van der Waals surface area contributed by atoms with E-state index in [9.17, 15) is 4.39 Å². The number of benzene rings is 1. The second-order valence-electron chi connectivity index (χ2n) is 3.28. The molecule has 0 fully saturated rings. The summed E-state index contributed by atoms with van der Waals surface area (Å²) in [7, 11) is 0. The van der Waals surface area contributed by atoms with Gasteiger partial charge >= 0.3 is 0 Å². The normalized spacial score (nSPS) is 10.5. The maximum atomic E-state index is 13.1. The van der Waals surface area contributed by atoms with Gasteiger partial charge in [0.2, 0.25) is 0 Å². The third-order valence-corrected chi connectivity index (χ3v) is 2.21. The smallest absolute Gasteiger partial charge is 0.165 e. The summed E-state index contributed by atoms with van der Waals surface area (Å²) in [5.41, 5.74) is 7.65. The van der Waals surface area contributed by atoms with Gasteiger partial charge in [0.05, 0.1) is 0 Å². The Hall–Kier alpha value is -2.04. The number of aryl methyl sites for hydroxylation is 1. The van der Waals surface area contributed by atoms with E-state index in [1.165, 1.54) is 12.1 Å². The molecule has 2 aromatic rings. The summed E-state index contributed by atoms with van der Waals surface area (Å²) < 4.78 is 13.1. The second-order valence-corrected chi connectivity index (χ2v) is 3.28. The quantitative estimate of drug-likeness (QED) is 0.667. The Morgan fingerprint density at radius 3 is 2.73 bits per heavy atom. The van der Waals surface area contributed by atoms with Crippen LogP contribution < -0.4 is 5.73 Å². The number of halogens is 1. The number of nitrogens with zero attached hydrogens (tertiary/aromatic N) is 1. The molecular formula is C10H10FN3O. The Morgan fingerprint density at radius 1 is 1.47 bits per heavy atom. The highest BCUT2D eigenvalue weighted by Gasteiger charge is 2.11. The number of hydrogen-bond acceptors (Lipinski definition) is 3. The predicted molar refractivity (Wildman–Crippen MR) is 54.8 cm³/mol. The number of phenols is 1. The number of H-pyrrole nitrogens is 1. The lowest BCUT2D eigenvalue weighted by Crippen LogP contribution is -1.89. The topological polar surface area (TPSA) is 74.9 Å². The van der Waals surface area contributed by atoms with Gasteiger partial charge in [0.15, 0.2) is 17.4 Å². The Morgan fingerprint density at radius 2 is 2.20 bits per heavy atom. The van der Waals surface area contributed by atoms with Crippen LogP contribution in [0.1, 0.15) is 5.69 Å². The van der Waals surface area contributed by atoms with Crippen molar-refractivity contribution in [2.24, 2.45) is 0 Å². The SMILES string of the molecule is Cc1[nH]nc(N)c1-c1ccc(O)c(F)c1. The molecule has 0 amide bonds. The van der Waals surface area contributed by atoms with Gasteiger partial charge in [0.25, 0.3) is 0 Å². The maximum Gasteiger partial charge on any atom is 0.165 e. The van der Waals surface area contributed by atoms with E-state index in [1.807, 2.05) is 0 Å². The fourth-order valence-corrected chi connectivity index (χ4v) is 1.47. The van der Waals surface area contributed by atoms with Gasteiger partial charge in [-0.05, 0) is 24.6 Å². The van der Waals surface area contributed by atoms with Crippen molar-refractivity contribution in [2.75, 3.05) is 5.73 Å². The minimum absolute atomic E-state index is 0.317. The molecule has 1 heterocycles. The Balaban J connectivity index is 2.59. The molecule has 0 aliphatic rings. The number of hydrogen-bond donors (Lipinski definition) is 3. The number of anilines is 1. The van der Waals surface area contributed by atoms with Gasteiger partial charge in [0, 0.05) is 11.3 Å². The van der Waals surface area contributed by atoms with Crippen molar-refractivity contribution in [1.82, 2.24) is 10.2 Å².